The van der Waals surface area contributed by atoms with E-state index in [1.54, 1.807) is 48.5 Å². The first kappa shape index (κ1) is 14.7. The third-order valence-electron chi connectivity index (χ3n) is 2.88. The van der Waals surface area contributed by atoms with Gasteiger partial charge in [-0.05, 0) is 11.1 Å². The van der Waals surface area contributed by atoms with E-state index in [1.165, 1.54) is 0 Å². The minimum absolute atomic E-state index is 0.0286. The van der Waals surface area contributed by atoms with E-state index >= 15 is 0 Å². The van der Waals surface area contributed by atoms with Crippen LogP contribution in [0.1, 0.15) is 17.2 Å². The molecular formula is C15H17NO3S. The lowest BCUT2D eigenvalue weighted by Gasteiger charge is -2.12. The molecule has 0 amide bonds. The van der Waals surface area contributed by atoms with E-state index in [0.29, 0.717) is 11.1 Å². The van der Waals surface area contributed by atoms with Crippen LogP contribution in [0.3, 0.4) is 0 Å². The van der Waals surface area contributed by atoms with Crippen LogP contribution in [0.25, 0.3) is 0 Å². The largest absolute Gasteiger partial charge is 0.387 e. The Hall–Kier alpha value is -1.69. The first-order valence-electron chi connectivity index (χ1n) is 6.31. The van der Waals surface area contributed by atoms with Crippen molar-refractivity contribution < 1.29 is 13.5 Å². The van der Waals surface area contributed by atoms with Crippen LogP contribution in [0, 0.1) is 0 Å². The zero-order valence-electron chi connectivity index (χ0n) is 10.9. The van der Waals surface area contributed by atoms with Crippen LogP contribution in [-0.4, -0.2) is 20.1 Å². The molecule has 2 aromatic rings. The Morgan fingerprint density at radius 2 is 1.50 bits per heavy atom. The van der Waals surface area contributed by atoms with Crippen LogP contribution >= 0.6 is 0 Å². The molecule has 5 heteroatoms. The van der Waals surface area contributed by atoms with Gasteiger partial charge in [-0.1, -0.05) is 60.7 Å². The quantitative estimate of drug-likeness (QED) is 0.853. The maximum atomic E-state index is 11.9. The van der Waals surface area contributed by atoms with Crippen molar-refractivity contribution in [1.29, 1.82) is 0 Å². The second-order valence-electron chi connectivity index (χ2n) is 4.52. The molecule has 0 spiro atoms. The molecule has 0 unspecified atom stereocenters. The molecule has 0 fully saturated rings. The van der Waals surface area contributed by atoms with E-state index in [1.807, 2.05) is 12.1 Å². The Balaban J connectivity index is 1.93. The van der Waals surface area contributed by atoms with Crippen molar-refractivity contribution in [2.45, 2.75) is 11.9 Å². The van der Waals surface area contributed by atoms with E-state index in [-0.39, 0.29) is 12.3 Å². The first-order valence-corrected chi connectivity index (χ1v) is 7.96. The Kier molecular flexibility index (Phi) is 4.89. The van der Waals surface area contributed by atoms with Crippen LogP contribution in [0.4, 0.5) is 0 Å². The average Bonchev–Trinajstić information content (AvgIpc) is 2.46. The van der Waals surface area contributed by atoms with Crippen LogP contribution in [-0.2, 0) is 15.8 Å². The summed E-state index contributed by atoms with van der Waals surface area (Å²) in [6.07, 6.45) is -0.846. The molecule has 4 nitrogen and oxygen atoms in total. The first-order chi connectivity index (χ1) is 9.57. The maximum absolute atomic E-state index is 11.9. The Labute approximate surface area is 119 Å². The van der Waals surface area contributed by atoms with Gasteiger partial charge in [0.2, 0.25) is 10.0 Å². The van der Waals surface area contributed by atoms with E-state index in [9.17, 15) is 13.5 Å². The fourth-order valence-corrected chi connectivity index (χ4v) is 2.99. The maximum Gasteiger partial charge on any atom is 0.215 e. The number of hydrogen-bond acceptors (Lipinski definition) is 3. The van der Waals surface area contributed by atoms with Gasteiger partial charge in [-0.15, -0.1) is 0 Å². The van der Waals surface area contributed by atoms with E-state index in [0.717, 1.165) is 0 Å². The van der Waals surface area contributed by atoms with Gasteiger partial charge in [0.25, 0.3) is 0 Å². The number of rotatable bonds is 6. The van der Waals surface area contributed by atoms with Gasteiger partial charge in [0.1, 0.15) is 0 Å². The van der Waals surface area contributed by atoms with Gasteiger partial charge in [-0.3, -0.25) is 0 Å². The van der Waals surface area contributed by atoms with E-state index in [4.69, 9.17) is 0 Å². The fraction of sp³-hybridized carbons (Fsp3) is 0.200. The summed E-state index contributed by atoms with van der Waals surface area (Å²) in [7, 11) is -3.45. The molecule has 0 saturated heterocycles. The van der Waals surface area contributed by atoms with E-state index in [2.05, 4.69) is 4.72 Å². The SMILES string of the molecule is O=S(=O)(Cc1ccccc1)NC[C@@H](O)c1ccccc1. The number of nitrogens with one attached hydrogen (secondary N) is 1. The molecule has 0 heterocycles. The standard InChI is InChI=1S/C15H17NO3S/c17-15(14-9-5-2-6-10-14)11-16-20(18,19)12-13-7-3-1-4-8-13/h1-10,15-17H,11-12H2/t15-/m1/s1. The van der Waals surface area contributed by atoms with Gasteiger partial charge in [-0.2, -0.15) is 0 Å². The highest BCUT2D eigenvalue weighted by atomic mass is 32.2. The van der Waals surface area contributed by atoms with Gasteiger partial charge >= 0.3 is 0 Å². The highest BCUT2D eigenvalue weighted by Crippen LogP contribution is 2.11. The molecule has 2 aromatic carbocycles. The second kappa shape index (κ2) is 6.65. The van der Waals surface area contributed by atoms with Crippen LogP contribution in [0.15, 0.2) is 60.7 Å². The molecule has 0 radical (unpaired) electrons. The zero-order chi connectivity index (χ0) is 14.4. The van der Waals surface area contributed by atoms with Crippen molar-refractivity contribution in [2.75, 3.05) is 6.54 Å². The topological polar surface area (TPSA) is 66.4 Å². The number of aliphatic hydroxyl groups is 1. The smallest absolute Gasteiger partial charge is 0.215 e. The van der Waals surface area contributed by atoms with Crippen molar-refractivity contribution in [1.82, 2.24) is 4.72 Å². The fourth-order valence-electron chi connectivity index (χ4n) is 1.84. The molecule has 20 heavy (non-hydrogen) atoms. The summed E-state index contributed by atoms with van der Waals surface area (Å²) in [6.45, 7) is -0.0286. The lowest BCUT2D eigenvalue weighted by atomic mass is 10.1. The summed E-state index contributed by atoms with van der Waals surface area (Å²) in [5.41, 5.74) is 1.41. The van der Waals surface area contributed by atoms with Gasteiger partial charge in [-0.25, -0.2) is 13.1 Å². The molecule has 2 rings (SSSR count). The summed E-state index contributed by atoms with van der Waals surface area (Å²) in [4.78, 5) is 0. The summed E-state index contributed by atoms with van der Waals surface area (Å²) >= 11 is 0. The van der Waals surface area contributed by atoms with E-state index < -0.39 is 16.1 Å². The van der Waals surface area contributed by atoms with Gasteiger partial charge in [0.15, 0.2) is 0 Å². The molecule has 106 valence electrons. The predicted molar refractivity (Wildman–Crippen MR) is 78.5 cm³/mol. The summed E-state index contributed by atoms with van der Waals surface area (Å²) in [5, 5.41) is 9.92. The zero-order valence-corrected chi connectivity index (χ0v) is 11.8. The van der Waals surface area contributed by atoms with Crippen molar-refractivity contribution in [3.05, 3.63) is 71.8 Å². The molecule has 0 aromatic heterocycles. The number of benzene rings is 2. The van der Waals surface area contributed by atoms with Crippen LogP contribution < -0.4 is 4.72 Å². The number of hydrogen-bond donors (Lipinski definition) is 2. The Morgan fingerprint density at radius 1 is 0.950 bits per heavy atom. The van der Waals surface area contributed by atoms with Crippen molar-refractivity contribution in [3.63, 3.8) is 0 Å². The minimum Gasteiger partial charge on any atom is -0.387 e. The van der Waals surface area contributed by atoms with Crippen LogP contribution in [0.5, 0.6) is 0 Å². The van der Waals surface area contributed by atoms with Gasteiger partial charge in [0.05, 0.1) is 11.9 Å². The molecule has 0 saturated carbocycles. The Morgan fingerprint density at radius 3 is 2.10 bits per heavy atom. The van der Waals surface area contributed by atoms with Crippen molar-refractivity contribution in [2.24, 2.45) is 0 Å². The second-order valence-corrected chi connectivity index (χ2v) is 6.33. The molecule has 2 N–H and O–H groups in total. The highest BCUT2D eigenvalue weighted by molar-refractivity contribution is 7.88. The summed E-state index contributed by atoms with van der Waals surface area (Å²) < 4.78 is 26.3. The predicted octanol–water partition coefficient (Wildman–Crippen LogP) is 1.84. The lowest BCUT2D eigenvalue weighted by Crippen LogP contribution is -2.29. The molecule has 0 aliphatic rings. The normalized spacial score (nSPS) is 13.1. The van der Waals surface area contributed by atoms with Gasteiger partial charge < -0.3 is 5.11 Å². The minimum atomic E-state index is -3.45. The Bertz CT molecular complexity index is 627. The molecule has 0 aliphatic carbocycles. The summed E-state index contributed by atoms with van der Waals surface area (Å²) in [6, 6.07) is 17.9. The monoisotopic (exact) mass is 291 g/mol. The van der Waals surface area contributed by atoms with Crippen LogP contribution in [0.2, 0.25) is 0 Å². The molecule has 0 aliphatic heterocycles. The lowest BCUT2D eigenvalue weighted by molar-refractivity contribution is 0.182. The number of sulfonamides is 1. The van der Waals surface area contributed by atoms with Gasteiger partial charge in [0, 0.05) is 6.54 Å². The average molecular weight is 291 g/mol. The third-order valence-corrected chi connectivity index (χ3v) is 4.20. The van der Waals surface area contributed by atoms with Crippen molar-refractivity contribution in [3.8, 4) is 0 Å². The highest BCUT2D eigenvalue weighted by Gasteiger charge is 2.14. The molecule has 1 atom stereocenters. The van der Waals surface area contributed by atoms with Crippen molar-refractivity contribution >= 4 is 10.0 Å². The summed E-state index contributed by atoms with van der Waals surface area (Å²) in [5.74, 6) is -0.0879. The number of aliphatic hydroxyl groups excluding tert-OH is 1. The molecule has 0 bridgehead atoms. The third kappa shape index (κ3) is 4.45. The molecular weight excluding hydrogens is 274 g/mol.